The second-order valence-corrected chi connectivity index (χ2v) is 7.88. The zero-order valence-electron chi connectivity index (χ0n) is 13.5. The molecule has 0 fully saturated rings. The van der Waals surface area contributed by atoms with Gasteiger partial charge in [-0.25, -0.2) is 0 Å². The average molecular weight is 429 g/mol. The highest BCUT2D eigenvalue weighted by Crippen LogP contribution is 2.32. The van der Waals surface area contributed by atoms with Gasteiger partial charge in [-0.1, -0.05) is 46.3 Å². The predicted molar refractivity (Wildman–Crippen MR) is 99.1 cm³/mol. The maximum Gasteiger partial charge on any atom is 0.293 e. The van der Waals surface area contributed by atoms with Crippen LogP contribution >= 0.6 is 15.9 Å². The maximum atomic E-state index is 11.4. The molecular formula is C16H17BrN2O5S. The molecule has 0 unspecified atom stereocenters. The normalized spacial score (nSPS) is 11.3. The van der Waals surface area contributed by atoms with E-state index in [9.17, 15) is 18.5 Å². The lowest BCUT2D eigenvalue weighted by Crippen LogP contribution is -2.28. The van der Waals surface area contributed by atoms with Crippen molar-refractivity contribution in [2.45, 2.75) is 6.54 Å². The van der Waals surface area contributed by atoms with Gasteiger partial charge in [0.2, 0.25) is 0 Å². The Labute approximate surface area is 154 Å². The van der Waals surface area contributed by atoms with Gasteiger partial charge in [0.15, 0.2) is 0 Å². The van der Waals surface area contributed by atoms with Gasteiger partial charge < -0.3 is 4.90 Å². The fourth-order valence-electron chi connectivity index (χ4n) is 2.30. The number of hydrogen-bond acceptors (Lipinski definition) is 6. The Kier molecular flexibility index (Phi) is 6.51. The first-order valence-corrected chi connectivity index (χ1v) is 9.94. The van der Waals surface area contributed by atoms with Gasteiger partial charge in [0.05, 0.1) is 17.8 Å². The number of anilines is 1. The molecule has 0 bridgehead atoms. The molecule has 0 radical (unpaired) electrons. The van der Waals surface area contributed by atoms with E-state index in [4.69, 9.17) is 4.18 Å². The largest absolute Gasteiger partial charge is 0.359 e. The molecule has 134 valence electrons. The Morgan fingerprint density at radius 1 is 1.20 bits per heavy atom. The lowest BCUT2D eigenvalue weighted by molar-refractivity contribution is -0.384. The molecule has 0 aliphatic carbocycles. The fraction of sp³-hybridized carbons (Fsp3) is 0.250. The Morgan fingerprint density at radius 2 is 1.88 bits per heavy atom. The topological polar surface area (TPSA) is 89.8 Å². The molecule has 0 aliphatic rings. The van der Waals surface area contributed by atoms with Crippen LogP contribution in [0.5, 0.6) is 0 Å². The number of nitrogens with zero attached hydrogens (tertiary/aromatic N) is 2. The standard InChI is InChI=1S/C16H17BrN2O5S/c1-25(22,23)24-10-9-18(12-13-5-3-2-4-6-13)15-8-7-14(17)11-16(15)19(20)21/h2-8,11H,9-10,12H2,1H3. The second-order valence-electron chi connectivity index (χ2n) is 5.32. The lowest BCUT2D eigenvalue weighted by Gasteiger charge is -2.24. The SMILES string of the molecule is CS(=O)(=O)OCCN(Cc1ccccc1)c1ccc(Br)cc1[N+](=O)[O-]. The number of halogens is 1. The molecule has 0 spiro atoms. The average Bonchev–Trinajstić information content (AvgIpc) is 2.53. The zero-order chi connectivity index (χ0) is 18.4. The minimum atomic E-state index is -3.58. The summed E-state index contributed by atoms with van der Waals surface area (Å²) in [6.07, 6.45) is 0.969. The highest BCUT2D eigenvalue weighted by Gasteiger charge is 2.20. The van der Waals surface area contributed by atoms with E-state index in [0.717, 1.165) is 11.8 Å². The third-order valence-corrected chi connectivity index (χ3v) is 4.44. The van der Waals surface area contributed by atoms with Crippen molar-refractivity contribution >= 4 is 37.4 Å². The molecule has 0 atom stereocenters. The van der Waals surface area contributed by atoms with Gasteiger partial charge in [-0.2, -0.15) is 8.42 Å². The number of nitro groups is 1. The third-order valence-electron chi connectivity index (χ3n) is 3.35. The highest BCUT2D eigenvalue weighted by molar-refractivity contribution is 9.10. The van der Waals surface area contributed by atoms with E-state index in [1.807, 2.05) is 30.3 Å². The quantitative estimate of drug-likeness (QED) is 0.363. The van der Waals surface area contributed by atoms with Gasteiger partial charge in [0, 0.05) is 23.6 Å². The van der Waals surface area contributed by atoms with Crippen molar-refractivity contribution < 1.29 is 17.5 Å². The molecule has 0 amide bonds. The Morgan fingerprint density at radius 3 is 2.48 bits per heavy atom. The van der Waals surface area contributed by atoms with E-state index in [0.29, 0.717) is 16.7 Å². The van der Waals surface area contributed by atoms with Crippen molar-refractivity contribution in [1.29, 1.82) is 0 Å². The van der Waals surface area contributed by atoms with E-state index >= 15 is 0 Å². The summed E-state index contributed by atoms with van der Waals surface area (Å²) in [6.45, 7) is 0.472. The minimum Gasteiger partial charge on any atom is -0.359 e. The smallest absolute Gasteiger partial charge is 0.293 e. The van der Waals surface area contributed by atoms with Crippen LogP contribution in [0.15, 0.2) is 53.0 Å². The molecule has 25 heavy (non-hydrogen) atoms. The monoisotopic (exact) mass is 428 g/mol. The molecule has 0 saturated carbocycles. The third kappa shape index (κ3) is 6.11. The summed E-state index contributed by atoms with van der Waals surface area (Å²) in [4.78, 5) is 12.7. The second kappa shape index (κ2) is 8.41. The molecule has 7 nitrogen and oxygen atoms in total. The number of hydrogen-bond donors (Lipinski definition) is 0. The van der Waals surface area contributed by atoms with Crippen molar-refractivity contribution in [2.24, 2.45) is 0 Å². The molecule has 0 heterocycles. The van der Waals surface area contributed by atoms with Crippen molar-refractivity contribution in [3.8, 4) is 0 Å². The summed E-state index contributed by atoms with van der Waals surface area (Å²) in [5.41, 5.74) is 1.28. The minimum absolute atomic E-state index is 0.0651. The van der Waals surface area contributed by atoms with Crippen molar-refractivity contribution in [3.63, 3.8) is 0 Å². The van der Waals surface area contributed by atoms with Gasteiger partial charge in [-0.15, -0.1) is 0 Å². The first kappa shape index (κ1) is 19.4. The molecular weight excluding hydrogens is 412 g/mol. The van der Waals surface area contributed by atoms with Crippen LogP contribution in [0, 0.1) is 10.1 Å². The van der Waals surface area contributed by atoms with Crippen molar-refractivity contribution in [3.05, 3.63) is 68.7 Å². The Hall–Kier alpha value is -1.97. The molecule has 0 saturated heterocycles. The lowest BCUT2D eigenvalue weighted by atomic mass is 10.2. The van der Waals surface area contributed by atoms with E-state index in [1.54, 1.807) is 17.0 Å². The van der Waals surface area contributed by atoms with E-state index < -0.39 is 15.0 Å². The van der Waals surface area contributed by atoms with Gasteiger partial charge in [0.25, 0.3) is 15.8 Å². The van der Waals surface area contributed by atoms with Crippen LogP contribution in [0.4, 0.5) is 11.4 Å². The molecule has 0 aromatic heterocycles. The Bertz CT molecular complexity index is 843. The molecule has 2 rings (SSSR count). The van der Waals surface area contributed by atoms with Crippen molar-refractivity contribution in [1.82, 2.24) is 0 Å². The van der Waals surface area contributed by atoms with Gasteiger partial charge in [-0.05, 0) is 17.7 Å². The molecule has 2 aromatic rings. The number of rotatable bonds is 8. The van der Waals surface area contributed by atoms with Gasteiger partial charge in [0.1, 0.15) is 5.69 Å². The Balaban J connectivity index is 2.32. The molecule has 0 aliphatic heterocycles. The van der Waals surface area contributed by atoms with Crippen LogP contribution in [-0.4, -0.2) is 32.7 Å². The predicted octanol–water partition coefficient (Wildman–Crippen LogP) is 3.34. The summed E-state index contributed by atoms with van der Waals surface area (Å²) >= 11 is 3.23. The van der Waals surface area contributed by atoms with Crippen LogP contribution in [0.25, 0.3) is 0 Å². The summed E-state index contributed by atoms with van der Waals surface area (Å²) < 4.78 is 27.7. The molecule has 0 N–H and O–H groups in total. The van der Waals surface area contributed by atoms with Crippen LogP contribution in [-0.2, 0) is 20.8 Å². The summed E-state index contributed by atoms with van der Waals surface area (Å²) in [7, 11) is -3.58. The first-order chi connectivity index (χ1) is 11.8. The summed E-state index contributed by atoms with van der Waals surface area (Å²) in [5, 5.41) is 11.4. The van der Waals surface area contributed by atoms with Crippen LogP contribution in [0.2, 0.25) is 0 Å². The van der Waals surface area contributed by atoms with E-state index in [1.165, 1.54) is 6.07 Å². The molecule has 9 heteroatoms. The van der Waals surface area contributed by atoms with E-state index in [-0.39, 0.29) is 18.8 Å². The number of benzene rings is 2. The molecule has 2 aromatic carbocycles. The number of nitro benzene ring substituents is 1. The fourth-order valence-corrected chi connectivity index (χ4v) is 3.02. The zero-order valence-corrected chi connectivity index (χ0v) is 15.9. The van der Waals surface area contributed by atoms with Crippen LogP contribution < -0.4 is 4.90 Å². The van der Waals surface area contributed by atoms with Crippen LogP contribution in [0.1, 0.15) is 5.56 Å². The van der Waals surface area contributed by atoms with Gasteiger partial charge >= 0.3 is 0 Å². The van der Waals surface area contributed by atoms with Crippen molar-refractivity contribution in [2.75, 3.05) is 24.3 Å². The maximum absolute atomic E-state index is 11.4. The van der Waals surface area contributed by atoms with Gasteiger partial charge in [-0.3, -0.25) is 14.3 Å². The van der Waals surface area contributed by atoms with Crippen LogP contribution in [0.3, 0.4) is 0 Å². The first-order valence-electron chi connectivity index (χ1n) is 7.33. The summed E-state index contributed by atoms with van der Waals surface area (Å²) in [5.74, 6) is 0. The highest BCUT2D eigenvalue weighted by atomic mass is 79.9. The van der Waals surface area contributed by atoms with E-state index in [2.05, 4.69) is 15.9 Å². The summed E-state index contributed by atoms with van der Waals surface area (Å²) in [6, 6.07) is 14.2.